The fourth-order valence-corrected chi connectivity index (χ4v) is 2.41. The molecule has 0 aromatic carbocycles. The van der Waals surface area contributed by atoms with Gasteiger partial charge in [-0.25, -0.2) is 4.79 Å². The molecule has 0 aliphatic carbocycles. The van der Waals surface area contributed by atoms with Crippen molar-refractivity contribution in [2.24, 2.45) is 11.7 Å². The first-order chi connectivity index (χ1) is 7.86. The van der Waals surface area contributed by atoms with E-state index in [0.29, 0.717) is 19.4 Å². The summed E-state index contributed by atoms with van der Waals surface area (Å²) in [6.45, 7) is 6.04. The lowest BCUT2D eigenvalue weighted by Crippen LogP contribution is -2.57. The number of nitrogens with zero attached hydrogens (tertiary/aromatic N) is 1. The molecule has 5 nitrogen and oxygen atoms in total. The summed E-state index contributed by atoms with van der Waals surface area (Å²) in [6, 6.07) is -0.613. The van der Waals surface area contributed by atoms with Crippen LogP contribution in [0.1, 0.15) is 40.0 Å². The van der Waals surface area contributed by atoms with Gasteiger partial charge in [-0.2, -0.15) is 0 Å². The number of nitrogens with two attached hydrogens (primary N) is 1. The van der Waals surface area contributed by atoms with E-state index in [2.05, 4.69) is 0 Å². The van der Waals surface area contributed by atoms with E-state index >= 15 is 0 Å². The lowest BCUT2D eigenvalue weighted by molar-refractivity contribution is -0.157. The number of rotatable bonds is 4. The van der Waals surface area contributed by atoms with Gasteiger partial charge in [-0.15, -0.1) is 0 Å². The second-order valence-electron chi connectivity index (χ2n) is 5.05. The Labute approximate surface area is 102 Å². The number of aliphatic carboxylic acids is 1. The molecule has 1 aliphatic heterocycles. The van der Waals surface area contributed by atoms with Crippen LogP contribution in [-0.4, -0.2) is 40.0 Å². The number of carbonyl (C=O) groups excluding carboxylic acids is 1. The molecule has 0 radical (unpaired) electrons. The van der Waals surface area contributed by atoms with Crippen molar-refractivity contribution in [1.29, 1.82) is 0 Å². The Balaban J connectivity index is 2.96. The lowest BCUT2D eigenvalue weighted by atomic mass is 9.91. The summed E-state index contributed by atoms with van der Waals surface area (Å²) in [5.41, 5.74) is 4.79. The zero-order valence-corrected chi connectivity index (χ0v) is 10.8. The van der Waals surface area contributed by atoms with Gasteiger partial charge in [0.2, 0.25) is 5.91 Å². The molecule has 1 rings (SSSR count). The van der Waals surface area contributed by atoms with Gasteiger partial charge in [0.05, 0.1) is 6.04 Å². The number of likely N-dealkylation sites (tertiary alicyclic amines) is 1. The molecule has 98 valence electrons. The van der Waals surface area contributed by atoms with Gasteiger partial charge in [0.1, 0.15) is 5.54 Å². The fourth-order valence-electron chi connectivity index (χ4n) is 2.41. The molecule has 1 amide bonds. The van der Waals surface area contributed by atoms with E-state index in [-0.39, 0.29) is 11.8 Å². The summed E-state index contributed by atoms with van der Waals surface area (Å²) < 4.78 is 0. The topological polar surface area (TPSA) is 83.6 Å². The number of hydrogen-bond donors (Lipinski definition) is 2. The largest absolute Gasteiger partial charge is 0.479 e. The van der Waals surface area contributed by atoms with Crippen LogP contribution in [0.25, 0.3) is 0 Å². The number of carbonyl (C=O) groups is 2. The summed E-state index contributed by atoms with van der Waals surface area (Å²) in [5, 5.41) is 9.37. The molecule has 0 aromatic rings. The Bertz CT molecular complexity index is 317. The van der Waals surface area contributed by atoms with Gasteiger partial charge >= 0.3 is 5.97 Å². The van der Waals surface area contributed by atoms with Crippen LogP contribution in [-0.2, 0) is 9.59 Å². The minimum Gasteiger partial charge on any atom is -0.479 e. The van der Waals surface area contributed by atoms with E-state index in [1.165, 1.54) is 4.90 Å². The molecule has 0 bridgehead atoms. The monoisotopic (exact) mass is 242 g/mol. The van der Waals surface area contributed by atoms with Crippen LogP contribution in [0.3, 0.4) is 0 Å². The van der Waals surface area contributed by atoms with Crippen molar-refractivity contribution in [2.75, 3.05) is 6.54 Å². The first-order valence-electron chi connectivity index (χ1n) is 6.17. The summed E-state index contributed by atoms with van der Waals surface area (Å²) in [4.78, 5) is 25.1. The molecule has 2 atom stereocenters. The third kappa shape index (κ3) is 2.29. The first kappa shape index (κ1) is 14.0. The van der Waals surface area contributed by atoms with Crippen molar-refractivity contribution in [1.82, 2.24) is 4.90 Å². The Morgan fingerprint density at radius 3 is 2.47 bits per heavy atom. The molecule has 1 fully saturated rings. The molecule has 17 heavy (non-hydrogen) atoms. The van der Waals surface area contributed by atoms with Crippen LogP contribution in [0, 0.1) is 5.92 Å². The highest BCUT2D eigenvalue weighted by Gasteiger charge is 2.49. The van der Waals surface area contributed by atoms with Crippen molar-refractivity contribution in [3.8, 4) is 0 Å². The van der Waals surface area contributed by atoms with Crippen molar-refractivity contribution < 1.29 is 14.7 Å². The van der Waals surface area contributed by atoms with Crippen molar-refractivity contribution in [3.05, 3.63) is 0 Å². The normalized spacial score (nSPS) is 26.3. The van der Waals surface area contributed by atoms with E-state index in [9.17, 15) is 14.7 Å². The Morgan fingerprint density at radius 2 is 2.06 bits per heavy atom. The SMILES string of the molecule is CCC1(C(=O)O)CCCN1C(=O)[C@@H](N)C(C)C. The van der Waals surface area contributed by atoms with Crippen molar-refractivity contribution in [2.45, 2.75) is 51.6 Å². The van der Waals surface area contributed by atoms with Gasteiger partial charge in [-0.1, -0.05) is 20.8 Å². The van der Waals surface area contributed by atoms with Crippen LogP contribution < -0.4 is 5.73 Å². The van der Waals surface area contributed by atoms with E-state index in [0.717, 1.165) is 6.42 Å². The van der Waals surface area contributed by atoms with Crippen LogP contribution in [0.15, 0.2) is 0 Å². The van der Waals surface area contributed by atoms with Gasteiger partial charge < -0.3 is 15.7 Å². The van der Waals surface area contributed by atoms with Gasteiger partial charge in [0.15, 0.2) is 0 Å². The number of hydrogen-bond acceptors (Lipinski definition) is 3. The summed E-state index contributed by atoms with van der Waals surface area (Å²) >= 11 is 0. The highest BCUT2D eigenvalue weighted by atomic mass is 16.4. The highest BCUT2D eigenvalue weighted by molar-refractivity contribution is 5.90. The minimum atomic E-state index is -1.04. The maximum absolute atomic E-state index is 12.2. The molecule has 1 heterocycles. The predicted molar refractivity (Wildman–Crippen MR) is 64.4 cm³/mol. The second-order valence-corrected chi connectivity index (χ2v) is 5.05. The average Bonchev–Trinajstić information content (AvgIpc) is 2.71. The quantitative estimate of drug-likeness (QED) is 0.764. The van der Waals surface area contributed by atoms with Gasteiger partial charge in [0, 0.05) is 6.54 Å². The molecule has 3 N–H and O–H groups in total. The fraction of sp³-hybridized carbons (Fsp3) is 0.833. The van der Waals surface area contributed by atoms with E-state index in [1.54, 1.807) is 6.92 Å². The number of carboxylic acids is 1. The minimum absolute atomic E-state index is 0.0199. The molecular formula is C12H22N2O3. The molecular weight excluding hydrogens is 220 g/mol. The molecule has 1 aliphatic rings. The van der Waals surface area contributed by atoms with Gasteiger partial charge in [0.25, 0.3) is 0 Å². The zero-order chi connectivity index (χ0) is 13.2. The van der Waals surface area contributed by atoms with Crippen molar-refractivity contribution in [3.63, 3.8) is 0 Å². The average molecular weight is 242 g/mol. The maximum atomic E-state index is 12.2. The lowest BCUT2D eigenvalue weighted by Gasteiger charge is -2.36. The second kappa shape index (κ2) is 5.04. The summed E-state index contributed by atoms with van der Waals surface area (Å²) in [7, 11) is 0. The van der Waals surface area contributed by atoms with E-state index < -0.39 is 17.6 Å². The smallest absolute Gasteiger partial charge is 0.329 e. The third-order valence-electron chi connectivity index (χ3n) is 3.74. The maximum Gasteiger partial charge on any atom is 0.329 e. The van der Waals surface area contributed by atoms with Crippen LogP contribution in [0.5, 0.6) is 0 Å². The molecule has 1 unspecified atom stereocenters. The Kier molecular flexibility index (Phi) is 4.14. The molecule has 0 saturated carbocycles. The first-order valence-corrected chi connectivity index (χ1v) is 6.17. The van der Waals surface area contributed by atoms with E-state index in [4.69, 9.17) is 5.73 Å². The number of carboxylic acid groups (broad SMARTS) is 1. The Morgan fingerprint density at radius 1 is 1.47 bits per heavy atom. The summed E-state index contributed by atoms with van der Waals surface area (Å²) in [5.74, 6) is -1.13. The molecule has 0 aromatic heterocycles. The standard InChI is InChI=1S/C12H22N2O3/c1-4-12(11(16)17)6-5-7-14(12)10(15)9(13)8(2)3/h8-9H,4-7,13H2,1-3H3,(H,16,17)/t9-,12?/m0/s1. The Hall–Kier alpha value is -1.10. The number of amides is 1. The highest BCUT2D eigenvalue weighted by Crippen LogP contribution is 2.33. The van der Waals surface area contributed by atoms with E-state index in [1.807, 2.05) is 13.8 Å². The van der Waals surface area contributed by atoms with Gasteiger partial charge in [-0.3, -0.25) is 4.79 Å². The van der Waals surface area contributed by atoms with Crippen LogP contribution >= 0.6 is 0 Å². The van der Waals surface area contributed by atoms with Crippen LogP contribution in [0.2, 0.25) is 0 Å². The predicted octanol–water partition coefficient (Wildman–Crippen LogP) is 0.825. The third-order valence-corrected chi connectivity index (χ3v) is 3.74. The zero-order valence-electron chi connectivity index (χ0n) is 10.8. The molecule has 5 heteroatoms. The summed E-state index contributed by atoms with van der Waals surface area (Å²) in [6.07, 6.45) is 1.69. The molecule has 1 saturated heterocycles. The molecule has 0 spiro atoms. The van der Waals surface area contributed by atoms with Crippen molar-refractivity contribution >= 4 is 11.9 Å². The van der Waals surface area contributed by atoms with Gasteiger partial charge in [-0.05, 0) is 25.2 Å². The van der Waals surface area contributed by atoms with Crippen LogP contribution in [0.4, 0.5) is 0 Å².